The van der Waals surface area contributed by atoms with E-state index in [4.69, 9.17) is 5.11 Å². The van der Waals surface area contributed by atoms with Gasteiger partial charge in [0, 0.05) is 6.54 Å². The number of hydrogen-bond donors (Lipinski definition) is 2. The van der Waals surface area contributed by atoms with Crippen LogP contribution in [-0.2, 0) is 0 Å². The molecular weight excluding hydrogens is 212 g/mol. The summed E-state index contributed by atoms with van der Waals surface area (Å²) in [6.07, 6.45) is 7.98. The van der Waals surface area contributed by atoms with Gasteiger partial charge in [-0.15, -0.1) is 0 Å². The van der Waals surface area contributed by atoms with E-state index in [1.807, 2.05) is 0 Å². The van der Waals surface area contributed by atoms with E-state index >= 15 is 0 Å². The maximum atomic E-state index is 9.42. The Bertz CT molecular complexity index is 298. The summed E-state index contributed by atoms with van der Waals surface area (Å²) in [5.41, 5.74) is 0.235. The molecule has 17 heavy (non-hydrogen) atoms. The molecule has 1 atom stereocenters. The third-order valence-electron chi connectivity index (χ3n) is 5.29. The number of nitriles is 1. The van der Waals surface area contributed by atoms with Crippen molar-refractivity contribution in [1.29, 1.82) is 5.26 Å². The van der Waals surface area contributed by atoms with E-state index in [9.17, 15) is 5.26 Å². The predicted molar refractivity (Wildman–Crippen MR) is 65.1 cm³/mol. The summed E-state index contributed by atoms with van der Waals surface area (Å²) in [4.78, 5) is 0. The Hall–Kier alpha value is -0.590. The second-order valence-corrected chi connectivity index (χ2v) is 6.52. The molecule has 4 aliphatic rings. The molecule has 3 heteroatoms. The molecule has 0 radical (unpaired) electrons. The topological polar surface area (TPSA) is 56.0 Å². The van der Waals surface area contributed by atoms with Crippen LogP contribution >= 0.6 is 0 Å². The third-order valence-corrected chi connectivity index (χ3v) is 5.29. The van der Waals surface area contributed by atoms with Crippen molar-refractivity contribution < 1.29 is 5.11 Å². The van der Waals surface area contributed by atoms with E-state index in [1.54, 1.807) is 0 Å². The van der Waals surface area contributed by atoms with Crippen LogP contribution in [0, 0.1) is 34.5 Å². The van der Waals surface area contributed by atoms with Crippen molar-refractivity contribution in [3.8, 4) is 6.07 Å². The van der Waals surface area contributed by atoms with Gasteiger partial charge in [0.1, 0.15) is 6.04 Å². The van der Waals surface area contributed by atoms with Crippen molar-refractivity contribution in [3.05, 3.63) is 0 Å². The molecule has 3 nitrogen and oxygen atoms in total. The molecule has 2 N–H and O–H groups in total. The van der Waals surface area contributed by atoms with Crippen LogP contribution in [0.2, 0.25) is 0 Å². The summed E-state index contributed by atoms with van der Waals surface area (Å²) < 4.78 is 0. The van der Waals surface area contributed by atoms with Gasteiger partial charge in [0.05, 0.1) is 12.7 Å². The molecule has 0 aromatic carbocycles. The molecule has 4 saturated carbocycles. The van der Waals surface area contributed by atoms with Crippen LogP contribution in [0.15, 0.2) is 0 Å². The third kappa shape index (κ3) is 1.88. The van der Waals surface area contributed by atoms with Crippen LogP contribution in [0.1, 0.15) is 38.5 Å². The molecule has 0 amide bonds. The molecule has 4 rings (SSSR count). The Morgan fingerprint density at radius 1 is 1.18 bits per heavy atom. The zero-order valence-corrected chi connectivity index (χ0v) is 10.4. The van der Waals surface area contributed by atoms with Gasteiger partial charge >= 0.3 is 0 Å². The molecule has 0 saturated heterocycles. The highest BCUT2D eigenvalue weighted by molar-refractivity contribution is 5.12. The lowest BCUT2D eigenvalue weighted by molar-refractivity contribution is -0.0639. The Balaban J connectivity index is 1.78. The zero-order chi connectivity index (χ0) is 11.9. The summed E-state index contributed by atoms with van der Waals surface area (Å²) in [6, 6.07) is 2.43. The first kappa shape index (κ1) is 11.5. The first-order valence-electron chi connectivity index (χ1n) is 6.99. The first-order chi connectivity index (χ1) is 8.25. The fraction of sp³-hybridized carbons (Fsp3) is 0.929. The van der Waals surface area contributed by atoms with E-state index in [1.165, 1.54) is 38.5 Å². The maximum Gasteiger partial charge on any atom is 0.101 e. The number of aliphatic hydroxyl groups is 1. The smallest absolute Gasteiger partial charge is 0.101 e. The molecule has 4 bridgehead atoms. The van der Waals surface area contributed by atoms with Crippen LogP contribution in [0.5, 0.6) is 0 Å². The monoisotopic (exact) mass is 234 g/mol. The van der Waals surface area contributed by atoms with Crippen LogP contribution in [0.3, 0.4) is 0 Å². The molecule has 4 fully saturated rings. The number of aliphatic hydroxyl groups excluding tert-OH is 1. The molecular formula is C14H22N2O. The van der Waals surface area contributed by atoms with E-state index < -0.39 is 0 Å². The molecule has 0 spiro atoms. The number of nitrogens with zero attached hydrogens (tertiary/aromatic N) is 1. The lowest BCUT2D eigenvalue weighted by Gasteiger charge is -2.58. The van der Waals surface area contributed by atoms with Gasteiger partial charge in [-0.25, -0.2) is 0 Å². The summed E-state index contributed by atoms with van der Waals surface area (Å²) in [6.45, 7) is 0.685. The maximum absolute atomic E-state index is 9.42. The van der Waals surface area contributed by atoms with Crippen molar-refractivity contribution in [1.82, 2.24) is 5.32 Å². The SMILES string of the molecule is N#CC(NCCO)C12CC3CC(CC(C3)C1)C2. The van der Waals surface area contributed by atoms with E-state index in [0.29, 0.717) is 6.54 Å². The highest BCUT2D eigenvalue weighted by atomic mass is 16.3. The summed E-state index contributed by atoms with van der Waals surface area (Å²) >= 11 is 0. The second-order valence-electron chi connectivity index (χ2n) is 6.52. The minimum Gasteiger partial charge on any atom is -0.395 e. The van der Waals surface area contributed by atoms with Gasteiger partial charge in [-0.2, -0.15) is 5.26 Å². The second kappa shape index (κ2) is 4.26. The number of rotatable bonds is 4. The standard InChI is InChI=1S/C14H22N2O/c15-9-13(16-1-2-17)14-6-10-3-11(7-14)5-12(4-10)8-14/h10-13,16-17H,1-8H2. The summed E-state index contributed by atoms with van der Waals surface area (Å²) in [5, 5.41) is 21.6. The predicted octanol–water partition coefficient (Wildman–Crippen LogP) is 1.68. The zero-order valence-electron chi connectivity index (χ0n) is 10.4. The van der Waals surface area contributed by atoms with Gasteiger partial charge in [-0.1, -0.05) is 0 Å². The first-order valence-corrected chi connectivity index (χ1v) is 6.99. The Morgan fingerprint density at radius 2 is 1.71 bits per heavy atom. The molecule has 0 aromatic heterocycles. The lowest BCUT2D eigenvalue weighted by atomic mass is 9.48. The summed E-state index contributed by atoms with van der Waals surface area (Å²) in [7, 11) is 0. The minimum absolute atomic E-state index is 0.0388. The average Bonchev–Trinajstić information content (AvgIpc) is 2.27. The fourth-order valence-electron chi connectivity index (χ4n) is 5.14. The Kier molecular flexibility index (Phi) is 2.88. The highest BCUT2D eigenvalue weighted by Crippen LogP contribution is 2.61. The van der Waals surface area contributed by atoms with Crippen molar-refractivity contribution in [2.75, 3.05) is 13.2 Å². The summed E-state index contributed by atoms with van der Waals surface area (Å²) in [5.74, 6) is 2.65. The van der Waals surface area contributed by atoms with Gasteiger partial charge in [0.25, 0.3) is 0 Å². The van der Waals surface area contributed by atoms with E-state index in [2.05, 4.69) is 11.4 Å². The van der Waals surface area contributed by atoms with Crippen LogP contribution in [0.25, 0.3) is 0 Å². The lowest BCUT2D eigenvalue weighted by Crippen LogP contribution is -2.55. The van der Waals surface area contributed by atoms with Crippen LogP contribution < -0.4 is 5.32 Å². The van der Waals surface area contributed by atoms with Gasteiger partial charge in [0.2, 0.25) is 0 Å². The average molecular weight is 234 g/mol. The van der Waals surface area contributed by atoms with Crippen molar-refractivity contribution in [2.24, 2.45) is 23.2 Å². The fourth-order valence-corrected chi connectivity index (χ4v) is 5.14. The van der Waals surface area contributed by atoms with Crippen LogP contribution in [0.4, 0.5) is 0 Å². The number of nitrogens with one attached hydrogen (secondary N) is 1. The van der Waals surface area contributed by atoms with Crippen molar-refractivity contribution >= 4 is 0 Å². The largest absolute Gasteiger partial charge is 0.395 e. The normalized spacial score (nSPS) is 44.6. The van der Waals surface area contributed by atoms with E-state index in [-0.39, 0.29) is 18.1 Å². The highest BCUT2D eigenvalue weighted by Gasteiger charge is 2.54. The number of hydrogen-bond acceptors (Lipinski definition) is 3. The molecule has 0 aromatic rings. The molecule has 0 aliphatic heterocycles. The minimum atomic E-state index is -0.0388. The van der Waals surface area contributed by atoms with Gasteiger partial charge < -0.3 is 5.11 Å². The molecule has 4 aliphatic carbocycles. The Labute approximate surface area is 103 Å². The van der Waals surface area contributed by atoms with Gasteiger partial charge in [-0.3, -0.25) is 5.32 Å². The molecule has 94 valence electrons. The molecule has 0 heterocycles. The Morgan fingerprint density at radius 3 is 2.12 bits per heavy atom. The van der Waals surface area contributed by atoms with E-state index in [0.717, 1.165) is 17.8 Å². The van der Waals surface area contributed by atoms with Gasteiger partial charge in [0.15, 0.2) is 0 Å². The van der Waals surface area contributed by atoms with Gasteiger partial charge in [-0.05, 0) is 61.7 Å². The van der Waals surface area contributed by atoms with Crippen molar-refractivity contribution in [2.45, 2.75) is 44.6 Å². The van der Waals surface area contributed by atoms with Crippen LogP contribution in [-0.4, -0.2) is 24.3 Å². The quantitative estimate of drug-likeness (QED) is 0.778. The van der Waals surface area contributed by atoms with Crippen molar-refractivity contribution in [3.63, 3.8) is 0 Å². The molecule has 1 unspecified atom stereocenters.